The Kier molecular flexibility index (Phi) is 4.34. The van der Waals surface area contributed by atoms with E-state index in [0.717, 1.165) is 5.56 Å². The molecule has 0 aromatic heterocycles. The number of nitriles is 1. The molecule has 2 aromatic carbocycles. The first-order chi connectivity index (χ1) is 9.63. The molecule has 0 aliphatic carbocycles. The number of nitrogens with zero attached hydrogens (tertiary/aromatic N) is 1. The smallest absolute Gasteiger partial charge is 0.147 e. The molecule has 0 bridgehead atoms. The zero-order chi connectivity index (χ0) is 14.5. The maximum absolute atomic E-state index is 13.9. The number of ether oxygens (including phenoxy) is 1. The van der Waals surface area contributed by atoms with Gasteiger partial charge in [-0.3, -0.25) is 0 Å². The van der Waals surface area contributed by atoms with Crippen molar-refractivity contribution in [2.75, 3.05) is 0 Å². The third-order valence-electron chi connectivity index (χ3n) is 2.99. The molecule has 0 radical (unpaired) electrons. The molecule has 0 saturated heterocycles. The second kappa shape index (κ2) is 6.18. The topological polar surface area (TPSA) is 59.0 Å². The van der Waals surface area contributed by atoms with E-state index in [1.54, 1.807) is 18.2 Å². The van der Waals surface area contributed by atoms with Crippen molar-refractivity contribution in [3.8, 4) is 11.8 Å². The highest BCUT2D eigenvalue weighted by atomic mass is 19.1. The minimum atomic E-state index is -0.534. The first kappa shape index (κ1) is 14.0. The van der Waals surface area contributed by atoms with E-state index in [1.165, 1.54) is 6.07 Å². The van der Waals surface area contributed by atoms with Crippen LogP contribution in [0.15, 0.2) is 42.5 Å². The van der Waals surface area contributed by atoms with Gasteiger partial charge in [-0.2, -0.15) is 5.26 Å². The van der Waals surface area contributed by atoms with Crippen molar-refractivity contribution >= 4 is 0 Å². The summed E-state index contributed by atoms with van der Waals surface area (Å²) in [5.41, 5.74) is 7.10. The summed E-state index contributed by atoms with van der Waals surface area (Å²) in [4.78, 5) is 0. The Balaban J connectivity index is 2.20. The van der Waals surface area contributed by atoms with E-state index in [-0.39, 0.29) is 18.2 Å². The number of nitrogens with two attached hydrogens (primary N) is 1. The summed E-state index contributed by atoms with van der Waals surface area (Å²) in [6.07, 6.45) is 0. The van der Waals surface area contributed by atoms with Gasteiger partial charge < -0.3 is 10.5 Å². The number of rotatable bonds is 4. The molecular weight excluding hydrogens is 255 g/mol. The summed E-state index contributed by atoms with van der Waals surface area (Å²) in [6.45, 7) is 1.92. The molecule has 0 amide bonds. The molecule has 102 valence electrons. The predicted molar refractivity (Wildman–Crippen MR) is 74.5 cm³/mol. The van der Waals surface area contributed by atoms with E-state index in [9.17, 15) is 4.39 Å². The molecule has 0 aliphatic rings. The van der Waals surface area contributed by atoms with E-state index < -0.39 is 5.82 Å². The Morgan fingerprint density at radius 2 is 2.00 bits per heavy atom. The quantitative estimate of drug-likeness (QED) is 0.927. The summed E-state index contributed by atoms with van der Waals surface area (Å²) < 4.78 is 19.5. The molecular formula is C16H15FN2O. The van der Waals surface area contributed by atoms with Gasteiger partial charge in [0.2, 0.25) is 0 Å². The predicted octanol–water partition coefficient (Wildman–Crippen LogP) is 3.30. The molecule has 0 saturated carbocycles. The molecule has 0 aliphatic heterocycles. The molecule has 2 rings (SSSR count). The van der Waals surface area contributed by atoms with Crippen molar-refractivity contribution in [2.45, 2.75) is 19.6 Å². The largest absolute Gasteiger partial charge is 0.488 e. The number of hydrogen-bond donors (Lipinski definition) is 1. The monoisotopic (exact) mass is 270 g/mol. The van der Waals surface area contributed by atoms with Crippen molar-refractivity contribution in [3.63, 3.8) is 0 Å². The molecule has 2 aromatic rings. The lowest BCUT2D eigenvalue weighted by atomic mass is 10.1. The highest BCUT2D eigenvalue weighted by Gasteiger charge is 2.10. The fourth-order valence-electron chi connectivity index (χ4n) is 1.92. The molecule has 0 spiro atoms. The summed E-state index contributed by atoms with van der Waals surface area (Å²) in [7, 11) is 0. The van der Waals surface area contributed by atoms with Gasteiger partial charge >= 0.3 is 0 Å². The van der Waals surface area contributed by atoms with Gasteiger partial charge in [-0.05, 0) is 19.1 Å². The van der Waals surface area contributed by atoms with Crippen LogP contribution in [0, 0.1) is 17.1 Å². The number of benzene rings is 2. The normalized spacial score (nSPS) is 11.7. The second-order valence-corrected chi connectivity index (χ2v) is 4.51. The van der Waals surface area contributed by atoms with Gasteiger partial charge in [0.05, 0.1) is 5.56 Å². The Morgan fingerprint density at radius 3 is 2.70 bits per heavy atom. The van der Waals surface area contributed by atoms with Gasteiger partial charge in [0.1, 0.15) is 24.2 Å². The average molecular weight is 270 g/mol. The third kappa shape index (κ3) is 2.95. The van der Waals surface area contributed by atoms with Gasteiger partial charge in [-0.15, -0.1) is 0 Å². The van der Waals surface area contributed by atoms with Crippen molar-refractivity contribution in [1.29, 1.82) is 5.26 Å². The highest BCUT2D eigenvalue weighted by Crippen LogP contribution is 2.24. The minimum Gasteiger partial charge on any atom is -0.488 e. The number of para-hydroxylation sites is 1. The molecule has 3 nitrogen and oxygen atoms in total. The Hall–Kier alpha value is -2.38. The van der Waals surface area contributed by atoms with Crippen LogP contribution in [0.1, 0.15) is 29.7 Å². The fourth-order valence-corrected chi connectivity index (χ4v) is 1.92. The second-order valence-electron chi connectivity index (χ2n) is 4.51. The SMILES string of the molecule is C[C@@H](N)c1ccccc1OCc1cccc(C#N)c1F. The van der Waals surface area contributed by atoms with E-state index in [2.05, 4.69) is 0 Å². The zero-order valence-electron chi connectivity index (χ0n) is 11.1. The van der Waals surface area contributed by atoms with Crippen LogP contribution in [0.4, 0.5) is 4.39 Å². The van der Waals surface area contributed by atoms with Crippen LogP contribution >= 0.6 is 0 Å². The third-order valence-corrected chi connectivity index (χ3v) is 2.99. The maximum atomic E-state index is 13.9. The van der Waals surface area contributed by atoms with Crippen LogP contribution in [0.25, 0.3) is 0 Å². The lowest BCUT2D eigenvalue weighted by Crippen LogP contribution is -2.08. The van der Waals surface area contributed by atoms with Crippen LogP contribution in [-0.2, 0) is 6.61 Å². The lowest BCUT2D eigenvalue weighted by Gasteiger charge is -2.14. The van der Waals surface area contributed by atoms with Crippen LogP contribution in [0.3, 0.4) is 0 Å². The molecule has 0 fully saturated rings. The van der Waals surface area contributed by atoms with Crippen molar-refractivity contribution in [1.82, 2.24) is 0 Å². The van der Waals surface area contributed by atoms with Crippen LogP contribution in [-0.4, -0.2) is 0 Å². The standard InChI is InChI=1S/C16H15FN2O/c1-11(19)14-7-2-3-8-15(14)20-10-13-6-4-5-12(9-18)16(13)17/h2-8,11H,10,19H2,1H3/t11-/m1/s1. The van der Waals surface area contributed by atoms with Gasteiger partial charge in [-0.1, -0.05) is 30.3 Å². The van der Waals surface area contributed by atoms with E-state index in [4.69, 9.17) is 15.7 Å². The summed E-state index contributed by atoms with van der Waals surface area (Å²) in [5.74, 6) is 0.0949. The lowest BCUT2D eigenvalue weighted by molar-refractivity contribution is 0.295. The maximum Gasteiger partial charge on any atom is 0.147 e. The first-order valence-electron chi connectivity index (χ1n) is 6.28. The molecule has 4 heteroatoms. The molecule has 2 N–H and O–H groups in total. The number of halogens is 1. The molecule has 20 heavy (non-hydrogen) atoms. The van der Waals surface area contributed by atoms with Crippen LogP contribution in [0.2, 0.25) is 0 Å². The zero-order valence-corrected chi connectivity index (χ0v) is 11.1. The molecule has 0 unspecified atom stereocenters. The van der Waals surface area contributed by atoms with Crippen molar-refractivity contribution < 1.29 is 9.13 Å². The van der Waals surface area contributed by atoms with Gasteiger partial charge in [0.25, 0.3) is 0 Å². The van der Waals surface area contributed by atoms with Gasteiger partial charge in [0.15, 0.2) is 0 Å². The summed E-state index contributed by atoms with van der Waals surface area (Å²) in [5, 5.41) is 8.80. The molecule has 1 atom stereocenters. The van der Waals surface area contributed by atoms with E-state index in [0.29, 0.717) is 11.3 Å². The minimum absolute atomic E-state index is 0.0200. The fraction of sp³-hybridized carbons (Fsp3) is 0.188. The van der Waals surface area contributed by atoms with E-state index in [1.807, 2.05) is 31.2 Å². The molecule has 0 heterocycles. The highest BCUT2D eigenvalue weighted by molar-refractivity contribution is 5.37. The van der Waals surface area contributed by atoms with Gasteiger partial charge in [-0.25, -0.2) is 4.39 Å². The first-order valence-corrected chi connectivity index (χ1v) is 6.28. The Bertz CT molecular complexity index is 647. The van der Waals surface area contributed by atoms with Gasteiger partial charge in [0, 0.05) is 17.2 Å². The number of hydrogen-bond acceptors (Lipinski definition) is 3. The average Bonchev–Trinajstić information content (AvgIpc) is 2.46. The summed E-state index contributed by atoms with van der Waals surface area (Å²) >= 11 is 0. The van der Waals surface area contributed by atoms with Crippen molar-refractivity contribution in [3.05, 3.63) is 65.0 Å². The van der Waals surface area contributed by atoms with Crippen LogP contribution in [0.5, 0.6) is 5.75 Å². The summed E-state index contributed by atoms with van der Waals surface area (Å²) in [6, 6.07) is 13.7. The Labute approximate surface area is 117 Å². The van der Waals surface area contributed by atoms with Crippen LogP contribution < -0.4 is 10.5 Å². The van der Waals surface area contributed by atoms with E-state index >= 15 is 0 Å². The van der Waals surface area contributed by atoms with Crippen molar-refractivity contribution in [2.24, 2.45) is 5.73 Å². The Morgan fingerprint density at radius 1 is 1.25 bits per heavy atom.